The van der Waals surface area contributed by atoms with E-state index in [1.165, 1.54) is 5.56 Å². The molecule has 138 valence electrons. The molecule has 1 aliphatic rings. The fourth-order valence-electron chi connectivity index (χ4n) is 3.21. The van der Waals surface area contributed by atoms with Crippen molar-refractivity contribution in [3.05, 3.63) is 53.9 Å². The maximum absolute atomic E-state index is 12.1. The topological polar surface area (TPSA) is 59.4 Å². The van der Waals surface area contributed by atoms with E-state index in [4.69, 9.17) is 4.74 Å². The normalized spacial score (nSPS) is 16.1. The molecular weight excluding hydrogens is 328 g/mol. The van der Waals surface area contributed by atoms with Gasteiger partial charge in [-0.25, -0.2) is 0 Å². The van der Waals surface area contributed by atoms with Gasteiger partial charge in [0.25, 0.3) is 0 Å². The minimum atomic E-state index is -0.0416. The van der Waals surface area contributed by atoms with Crippen LogP contribution in [0.15, 0.2) is 42.7 Å². The number of aryl methyl sites for hydroxylation is 1. The molecule has 1 fully saturated rings. The first-order chi connectivity index (χ1) is 12.6. The van der Waals surface area contributed by atoms with Crippen molar-refractivity contribution in [3.63, 3.8) is 0 Å². The predicted octanol–water partition coefficient (Wildman–Crippen LogP) is 2.22. The third-order valence-electron chi connectivity index (χ3n) is 4.63. The maximum atomic E-state index is 12.1. The number of piperidine rings is 1. The van der Waals surface area contributed by atoms with Crippen molar-refractivity contribution in [2.24, 2.45) is 7.05 Å². The molecule has 3 rings (SSSR count). The second-order valence-corrected chi connectivity index (χ2v) is 6.69. The summed E-state index contributed by atoms with van der Waals surface area (Å²) < 4.78 is 7.00. The van der Waals surface area contributed by atoms with E-state index >= 15 is 0 Å². The molecule has 1 amide bonds. The van der Waals surface area contributed by atoms with Crippen molar-refractivity contribution < 1.29 is 9.53 Å². The quantitative estimate of drug-likeness (QED) is 0.808. The smallest absolute Gasteiger partial charge is 0.244 e. The SMILES string of the molecule is COc1cccc(CN2CCC(NC(=O)/C=C/c3cnn(C)c3)CC2)c1. The number of carbonyl (C=O) groups excluding carboxylic acids is 1. The van der Waals surface area contributed by atoms with E-state index in [1.807, 2.05) is 25.4 Å². The molecule has 1 saturated heterocycles. The average Bonchev–Trinajstić information content (AvgIpc) is 3.07. The number of ether oxygens (including phenoxy) is 1. The first-order valence-electron chi connectivity index (χ1n) is 8.95. The number of rotatable bonds is 6. The number of amides is 1. The number of likely N-dealkylation sites (tertiary alicyclic amines) is 1. The molecule has 6 nitrogen and oxygen atoms in total. The van der Waals surface area contributed by atoms with Gasteiger partial charge in [-0.2, -0.15) is 5.10 Å². The van der Waals surface area contributed by atoms with E-state index < -0.39 is 0 Å². The number of nitrogens with one attached hydrogen (secondary N) is 1. The lowest BCUT2D eigenvalue weighted by atomic mass is 10.0. The summed E-state index contributed by atoms with van der Waals surface area (Å²) in [5.74, 6) is 0.852. The summed E-state index contributed by atoms with van der Waals surface area (Å²) in [6.45, 7) is 2.88. The standard InChI is InChI=1S/C20H26N4O2/c1-23-14-17(13-21-23)6-7-20(25)22-18-8-10-24(11-9-18)15-16-4-3-5-19(12-16)26-2/h3-7,12-14,18H,8-11,15H2,1-2H3,(H,22,25)/b7-6+. The molecule has 0 aliphatic carbocycles. The van der Waals surface area contributed by atoms with Gasteiger partial charge in [-0.3, -0.25) is 14.4 Å². The van der Waals surface area contributed by atoms with Crippen molar-refractivity contribution in [2.75, 3.05) is 20.2 Å². The Morgan fingerprint density at radius 3 is 2.88 bits per heavy atom. The van der Waals surface area contributed by atoms with Crippen molar-refractivity contribution in [1.29, 1.82) is 0 Å². The monoisotopic (exact) mass is 354 g/mol. The lowest BCUT2D eigenvalue weighted by Crippen LogP contribution is -2.43. The van der Waals surface area contributed by atoms with E-state index in [-0.39, 0.29) is 11.9 Å². The molecular formula is C20H26N4O2. The highest BCUT2D eigenvalue weighted by Crippen LogP contribution is 2.17. The average molecular weight is 354 g/mol. The summed E-state index contributed by atoms with van der Waals surface area (Å²) in [5, 5.41) is 7.18. The third kappa shape index (κ3) is 5.20. The van der Waals surface area contributed by atoms with E-state index in [2.05, 4.69) is 27.4 Å². The lowest BCUT2D eigenvalue weighted by molar-refractivity contribution is -0.117. The van der Waals surface area contributed by atoms with E-state index in [1.54, 1.807) is 30.1 Å². The van der Waals surface area contributed by atoms with Gasteiger partial charge in [0.15, 0.2) is 0 Å². The van der Waals surface area contributed by atoms with Crippen molar-refractivity contribution >= 4 is 12.0 Å². The van der Waals surface area contributed by atoms with Gasteiger partial charge in [0.1, 0.15) is 5.75 Å². The molecule has 0 unspecified atom stereocenters. The number of carbonyl (C=O) groups is 1. The van der Waals surface area contributed by atoms with Crippen LogP contribution in [-0.2, 0) is 18.4 Å². The predicted molar refractivity (Wildman–Crippen MR) is 102 cm³/mol. The number of nitrogens with zero attached hydrogens (tertiary/aromatic N) is 3. The third-order valence-corrected chi connectivity index (χ3v) is 4.63. The minimum Gasteiger partial charge on any atom is -0.497 e. The Labute approximate surface area is 154 Å². The van der Waals surface area contributed by atoms with Gasteiger partial charge < -0.3 is 10.1 Å². The highest BCUT2D eigenvalue weighted by atomic mass is 16.5. The first-order valence-corrected chi connectivity index (χ1v) is 8.95. The molecule has 1 aliphatic heterocycles. The first kappa shape index (κ1) is 18.2. The van der Waals surface area contributed by atoms with Gasteiger partial charge in [-0.05, 0) is 36.6 Å². The van der Waals surface area contributed by atoms with Crippen LogP contribution in [0.4, 0.5) is 0 Å². The van der Waals surface area contributed by atoms with Crippen LogP contribution in [0.3, 0.4) is 0 Å². The second kappa shape index (κ2) is 8.67. The van der Waals surface area contributed by atoms with E-state index in [0.717, 1.165) is 43.8 Å². The Morgan fingerprint density at radius 2 is 2.19 bits per heavy atom. The minimum absolute atomic E-state index is 0.0416. The van der Waals surface area contributed by atoms with Crippen LogP contribution in [-0.4, -0.2) is 46.8 Å². The van der Waals surface area contributed by atoms with Crippen LogP contribution in [0.25, 0.3) is 6.08 Å². The molecule has 2 heterocycles. The largest absolute Gasteiger partial charge is 0.497 e. The molecule has 1 aromatic carbocycles. The van der Waals surface area contributed by atoms with Gasteiger partial charge in [0.05, 0.1) is 13.3 Å². The molecule has 2 aromatic rings. The van der Waals surface area contributed by atoms with Crippen LogP contribution in [0, 0.1) is 0 Å². The molecule has 1 aromatic heterocycles. The Balaban J connectivity index is 1.43. The van der Waals surface area contributed by atoms with Gasteiger partial charge in [-0.1, -0.05) is 12.1 Å². The number of hydrogen-bond donors (Lipinski definition) is 1. The van der Waals surface area contributed by atoms with E-state index in [0.29, 0.717) is 0 Å². The highest BCUT2D eigenvalue weighted by Gasteiger charge is 2.20. The Morgan fingerprint density at radius 1 is 1.38 bits per heavy atom. The van der Waals surface area contributed by atoms with Gasteiger partial charge in [0.2, 0.25) is 5.91 Å². The fraction of sp³-hybridized carbons (Fsp3) is 0.400. The second-order valence-electron chi connectivity index (χ2n) is 6.69. The van der Waals surface area contributed by atoms with Gasteiger partial charge in [-0.15, -0.1) is 0 Å². The fourth-order valence-corrected chi connectivity index (χ4v) is 3.21. The summed E-state index contributed by atoms with van der Waals surface area (Å²) in [6, 6.07) is 8.43. The molecule has 0 atom stereocenters. The highest BCUT2D eigenvalue weighted by molar-refractivity contribution is 5.91. The number of aromatic nitrogens is 2. The molecule has 0 bridgehead atoms. The molecule has 1 N–H and O–H groups in total. The molecule has 0 saturated carbocycles. The van der Waals surface area contributed by atoms with Crippen molar-refractivity contribution in [2.45, 2.75) is 25.4 Å². The number of methoxy groups -OCH3 is 1. The summed E-state index contributed by atoms with van der Waals surface area (Å²) in [6.07, 6.45) is 8.93. The molecule has 0 spiro atoms. The summed E-state index contributed by atoms with van der Waals surface area (Å²) in [7, 11) is 3.55. The van der Waals surface area contributed by atoms with Crippen LogP contribution in [0.2, 0.25) is 0 Å². The summed E-state index contributed by atoms with van der Waals surface area (Å²) in [5.41, 5.74) is 2.18. The van der Waals surface area contributed by atoms with Crippen LogP contribution >= 0.6 is 0 Å². The number of benzene rings is 1. The van der Waals surface area contributed by atoms with Gasteiger partial charge in [0, 0.05) is 50.6 Å². The molecule has 0 radical (unpaired) electrons. The zero-order valence-corrected chi connectivity index (χ0v) is 15.4. The summed E-state index contributed by atoms with van der Waals surface area (Å²) >= 11 is 0. The van der Waals surface area contributed by atoms with Crippen molar-refractivity contribution in [1.82, 2.24) is 20.0 Å². The Kier molecular flexibility index (Phi) is 6.07. The van der Waals surface area contributed by atoms with E-state index in [9.17, 15) is 4.79 Å². The Hall–Kier alpha value is -2.60. The lowest BCUT2D eigenvalue weighted by Gasteiger charge is -2.32. The molecule has 26 heavy (non-hydrogen) atoms. The maximum Gasteiger partial charge on any atom is 0.244 e. The summed E-state index contributed by atoms with van der Waals surface area (Å²) in [4.78, 5) is 14.5. The van der Waals surface area contributed by atoms with Gasteiger partial charge >= 0.3 is 0 Å². The van der Waals surface area contributed by atoms with Crippen molar-refractivity contribution in [3.8, 4) is 5.75 Å². The number of hydrogen-bond acceptors (Lipinski definition) is 4. The zero-order chi connectivity index (χ0) is 18.4. The van der Waals surface area contributed by atoms with Crippen LogP contribution in [0.5, 0.6) is 5.75 Å². The van der Waals surface area contributed by atoms with Crippen LogP contribution in [0.1, 0.15) is 24.0 Å². The molecule has 6 heteroatoms. The Bertz CT molecular complexity index is 761. The zero-order valence-electron chi connectivity index (χ0n) is 15.4. The van der Waals surface area contributed by atoms with Crippen LogP contribution < -0.4 is 10.1 Å².